The molecule has 0 saturated heterocycles. The first kappa shape index (κ1) is 19.3. The SMILES string of the molecule is C=CCOc1ccc(C(=O)CC(C=C)c2ccc(OC)cc2OC)cc1. The van der Waals surface area contributed by atoms with Gasteiger partial charge in [-0.3, -0.25) is 4.79 Å². The van der Waals surface area contributed by atoms with E-state index in [0.717, 1.165) is 5.56 Å². The quantitative estimate of drug-likeness (QED) is 0.455. The van der Waals surface area contributed by atoms with Crippen LogP contribution < -0.4 is 14.2 Å². The third-order valence-electron chi connectivity index (χ3n) is 4.07. The number of carbonyl (C=O) groups excluding carboxylic acids is 1. The number of ether oxygens (including phenoxy) is 3. The Labute approximate surface area is 154 Å². The Balaban J connectivity index is 2.15. The fourth-order valence-electron chi connectivity index (χ4n) is 2.65. The number of ketones is 1. The first-order valence-corrected chi connectivity index (χ1v) is 8.34. The van der Waals surface area contributed by atoms with Crippen molar-refractivity contribution in [3.05, 3.63) is 78.9 Å². The van der Waals surface area contributed by atoms with Gasteiger partial charge in [0.15, 0.2) is 5.78 Å². The number of allylic oxidation sites excluding steroid dienone is 1. The van der Waals surface area contributed by atoms with Crippen molar-refractivity contribution in [2.24, 2.45) is 0 Å². The summed E-state index contributed by atoms with van der Waals surface area (Å²) < 4.78 is 16.1. The van der Waals surface area contributed by atoms with Crippen LogP contribution in [0.4, 0.5) is 0 Å². The first-order valence-electron chi connectivity index (χ1n) is 8.34. The molecular formula is C22H24O4. The van der Waals surface area contributed by atoms with E-state index in [9.17, 15) is 4.79 Å². The maximum atomic E-state index is 12.7. The molecule has 0 aliphatic heterocycles. The number of Topliss-reactive ketones (excluding diaryl/α,β-unsaturated/α-hetero) is 1. The summed E-state index contributed by atoms with van der Waals surface area (Å²) in [5.41, 5.74) is 1.54. The van der Waals surface area contributed by atoms with Gasteiger partial charge in [-0.25, -0.2) is 0 Å². The summed E-state index contributed by atoms with van der Waals surface area (Å²) in [6.07, 6.45) is 3.75. The molecule has 4 heteroatoms. The van der Waals surface area contributed by atoms with Gasteiger partial charge in [-0.05, 0) is 30.3 Å². The molecule has 0 bridgehead atoms. The van der Waals surface area contributed by atoms with E-state index in [1.807, 2.05) is 18.2 Å². The van der Waals surface area contributed by atoms with Crippen molar-refractivity contribution < 1.29 is 19.0 Å². The molecule has 0 saturated carbocycles. The average molecular weight is 352 g/mol. The Bertz CT molecular complexity index is 762. The minimum atomic E-state index is -0.153. The van der Waals surface area contributed by atoms with E-state index in [0.29, 0.717) is 35.8 Å². The fourth-order valence-corrected chi connectivity index (χ4v) is 2.65. The van der Waals surface area contributed by atoms with E-state index in [2.05, 4.69) is 13.2 Å². The second kappa shape index (κ2) is 9.47. The summed E-state index contributed by atoms with van der Waals surface area (Å²) in [5.74, 6) is 1.96. The van der Waals surface area contributed by atoms with Gasteiger partial charge in [0.05, 0.1) is 14.2 Å². The zero-order valence-corrected chi connectivity index (χ0v) is 15.2. The van der Waals surface area contributed by atoms with Crippen LogP contribution in [0.3, 0.4) is 0 Å². The van der Waals surface area contributed by atoms with E-state index in [4.69, 9.17) is 14.2 Å². The number of carbonyl (C=O) groups is 1. The molecule has 1 atom stereocenters. The van der Waals surface area contributed by atoms with Gasteiger partial charge in [0, 0.05) is 29.5 Å². The molecule has 2 aromatic carbocycles. The van der Waals surface area contributed by atoms with Crippen LogP contribution in [-0.2, 0) is 0 Å². The number of rotatable bonds is 10. The third-order valence-corrected chi connectivity index (χ3v) is 4.07. The Morgan fingerprint density at radius 3 is 2.31 bits per heavy atom. The molecule has 0 aliphatic rings. The topological polar surface area (TPSA) is 44.8 Å². The van der Waals surface area contributed by atoms with Gasteiger partial charge in [0.2, 0.25) is 0 Å². The van der Waals surface area contributed by atoms with Crippen LogP contribution in [0.5, 0.6) is 17.2 Å². The second-order valence-corrected chi connectivity index (χ2v) is 5.70. The predicted molar refractivity (Wildman–Crippen MR) is 104 cm³/mol. The lowest BCUT2D eigenvalue weighted by Gasteiger charge is -2.17. The maximum Gasteiger partial charge on any atom is 0.163 e. The monoisotopic (exact) mass is 352 g/mol. The van der Waals surface area contributed by atoms with E-state index in [1.54, 1.807) is 50.6 Å². The number of benzene rings is 2. The van der Waals surface area contributed by atoms with Gasteiger partial charge in [-0.2, -0.15) is 0 Å². The van der Waals surface area contributed by atoms with Crippen LogP contribution in [0, 0.1) is 0 Å². The van der Waals surface area contributed by atoms with Gasteiger partial charge < -0.3 is 14.2 Å². The van der Waals surface area contributed by atoms with Crippen LogP contribution >= 0.6 is 0 Å². The molecule has 0 fully saturated rings. The summed E-state index contributed by atoms with van der Waals surface area (Å²) >= 11 is 0. The van der Waals surface area contributed by atoms with E-state index in [1.165, 1.54) is 0 Å². The van der Waals surface area contributed by atoms with Crippen LogP contribution in [-0.4, -0.2) is 26.6 Å². The summed E-state index contributed by atoms with van der Waals surface area (Å²) in [6.45, 7) is 7.93. The minimum Gasteiger partial charge on any atom is -0.497 e. The average Bonchev–Trinajstić information content (AvgIpc) is 2.70. The van der Waals surface area contributed by atoms with Crippen molar-refractivity contribution in [2.75, 3.05) is 20.8 Å². The molecule has 0 spiro atoms. The molecule has 0 heterocycles. The molecule has 0 aliphatic carbocycles. The van der Waals surface area contributed by atoms with Crippen LogP contribution in [0.25, 0.3) is 0 Å². The summed E-state index contributed by atoms with van der Waals surface area (Å²) in [7, 11) is 3.20. The molecule has 0 radical (unpaired) electrons. The van der Waals surface area contributed by atoms with Crippen molar-refractivity contribution in [2.45, 2.75) is 12.3 Å². The predicted octanol–water partition coefficient (Wildman–Crippen LogP) is 4.81. The zero-order chi connectivity index (χ0) is 18.9. The lowest BCUT2D eigenvalue weighted by Crippen LogP contribution is -2.07. The number of methoxy groups -OCH3 is 2. The number of hydrogen-bond donors (Lipinski definition) is 0. The van der Waals surface area contributed by atoms with Gasteiger partial charge >= 0.3 is 0 Å². The van der Waals surface area contributed by atoms with E-state index < -0.39 is 0 Å². The molecule has 2 aromatic rings. The standard InChI is InChI=1S/C22H24O4/c1-5-13-26-18-9-7-17(8-10-18)21(23)14-16(6-2)20-12-11-19(24-3)15-22(20)25-4/h5-12,15-16H,1-2,13-14H2,3-4H3. The van der Waals surface area contributed by atoms with Crippen molar-refractivity contribution in [3.8, 4) is 17.2 Å². The maximum absolute atomic E-state index is 12.7. The van der Waals surface area contributed by atoms with Gasteiger partial charge in [-0.1, -0.05) is 24.8 Å². The molecule has 0 amide bonds. The van der Waals surface area contributed by atoms with E-state index >= 15 is 0 Å². The zero-order valence-electron chi connectivity index (χ0n) is 15.2. The molecular weight excluding hydrogens is 328 g/mol. The van der Waals surface area contributed by atoms with Gasteiger partial charge in [0.1, 0.15) is 23.9 Å². The molecule has 136 valence electrons. The van der Waals surface area contributed by atoms with Crippen LogP contribution in [0.2, 0.25) is 0 Å². The molecule has 4 nitrogen and oxygen atoms in total. The molecule has 0 N–H and O–H groups in total. The van der Waals surface area contributed by atoms with Gasteiger partial charge in [0.25, 0.3) is 0 Å². The molecule has 2 rings (SSSR count). The highest BCUT2D eigenvalue weighted by molar-refractivity contribution is 5.96. The van der Waals surface area contributed by atoms with Crippen molar-refractivity contribution >= 4 is 5.78 Å². The summed E-state index contributed by atoms with van der Waals surface area (Å²) in [4.78, 5) is 12.7. The van der Waals surface area contributed by atoms with E-state index in [-0.39, 0.29) is 11.7 Å². The Hall–Kier alpha value is -3.01. The molecule has 26 heavy (non-hydrogen) atoms. The normalized spacial score (nSPS) is 11.3. The van der Waals surface area contributed by atoms with Gasteiger partial charge in [-0.15, -0.1) is 6.58 Å². The largest absolute Gasteiger partial charge is 0.497 e. The highest BCUT2D eigenvalue weighted by Crippen LogP contribution is 2.33. The Morgan fingerprint density at radius 2 is 1.73 bits per heavy atom. The summed E-state index contributed by atoms with van der Waals surface area (Å²) in [5, 5.41) is 0. The Kier molecular flexibility index (Phi) is 7.03. The number of hydrogen-bond acceptors (Lipinski definition) is 4. The molecule has 1 unspecified atom stereocenters. The lowest BCUT2D eigenvalue weighted by molar-refractivity contribution is 0.0978. The minimum absolute atomic E-state index is 0.0306. The Morgan fingerprint density at radius 1 is 1.04 bits per heavy atom. The van der Waals surface area contributed by atoms with Crippen LogP contribution in [0.15, 0.2) is 67.8 Å². The molecule has 0 aromatic heterocycles. The van der Waals surface area contributed by atoms with Crippen LogP contribution in [0.1, 0.15) is 28.3 Å². The first-order chi connectivity index (χ1) is 12.6. The highest BCUT2D eigenvalue weighted by atomic mass is 16.5. The second-order valence-electron chi connectivity index (χ2n) is 5.70. The highest BCUT2D eigenvalue weighted by Gasteiger charge is 2.18. The van der Waals surface area contributed by atoms with Crippen molar-refractivity contribution in [1.29, 1.82) is 0 Å². The fraction of sp³-hybridized carbons (Fsp3) is 0.227. The third kappa shape index (κ3) is 4.76. The van der Waals surface area contributed by atoms with Crippen molar-refractivity contribution in [3.63, 3.8) is 0 Å². The van der Waals surface area contributed by atoms with Crippen molar-refractivity contribution in [1.82, 2.24) is 0 Å². The lowest BCUT2D eigenvalue weighted by atomic mass is 9.91. The summed E-state index contributed by atoms with van der Waals surface area (Å²) in [6, 6.07) is 12.7. The smallest absolute Gasteiger partial charge is 0.163 e.